The van der Waals surface area contributed by atoms with Crippen molar-refractivity contribution < 1.29 is 4.65 Å². The predicted molar refractivity (Wildman–Crippen MR) is 129 cm³/mol. The van der Waals surface area contributed by atoms with Crippen molar-refractivity contribution >= 4 is 5.96 Å². The van der Waals surface area contributed by atoms with Gasteiger partial charge in [0.25, 0.3) is 5.96 Å². The Morgan fingerprint density at radius 1 is 0.719 bits per heavy atom. The van der Waals surface area contributed by atoms with Crippen LogP contribution in [0.25, 0.3) is 11.1 Å². The van der Waals surface area contributed by atoms with Crippen LogP contribution in [0.3, 0.4) is 0 Å². The van der Waals surface area contributed by atoms with E-state index in [1.54, 1.807) is 0 Å². The molecule has 0 saturated carbocycles. The van der Waals surface area contributed by atoms with Crippen LogP contribution >= 0.6 is 0 Å². The molecule has 0 aliphatic carbocycles. The summed E-state index contributed by atoms with van der Waals surface area (Å²) in [7, 11) is 0. The van der Waals surface area contributed by atoms with Gasteiger partial charge < -0.3 is 10.9 Å². The number of hydrogen-bond donors (Lipinski definition) is 1. The summed E-state index contributed by atoms with van der Waals surface area (Å²) >= 11 is 0. The number of benzene rings is 4. The average molecular weight is 420 g/mol. The molecule has 158 valence electrons. The van der Waals surface area contributed by atoms with Crippen molar-refractivity contribution in [2.24, 2.45) is 10.7 Å². The number of aliphatic imine (C=N–C) groups is 1. The molecule has 2 N–H and O–H groups in total. The second-order valence-corrected chi connectivity index (χ2v) is 8.33. The van der Waals surface area contributed by atoms with E-state index in [2.05, 4.69) is 24.3 Å². The molecule has 4 heteroatoms. The molecule has 0 spiro atoms. The van der Waals surface area contributed by atoms with Gasteiger partial charge in [0.2, 0.25) is 0 Å². The van der Waals surface area contributed by atoms with Gasteiger partial charge in [-0.3, -0.25) is 4.65 Å². The van der Waals surface area contributed by atoms with E-state index >= 15 is 0 Å². The van der Waals surface area contributed by atoms with E-state index in [1.165, 1.54) is 0 Å². The number of hydroxylamine groups is 3. The van der Waals surface area contributed by atoms with Crippen molar-refractivity contribution in [3.05, 3.63) is 137 Å². The van der Waals surface area contributed by atoms with Gasteiger partial charge in [0, 0.05) is 5.56 Å². The number of hydrogen-bond acceptors (Lipinski definition) is 3. The van der Waals surface area contributed by atoms with Crippen LogP contribution in [0, 0.1) is 5.21 Å². The lowest BCUT2D eigenvalue weighted by atomic mass is 9.83. The minimum absolute atomic E-state index is 0.114. The molecule has 0 bridgehead atoms. The average Bonchev–Trinajstić information content (AvgIpc) is 3.12. The van der Waals surface area contributed by atoms with Gasteiger partial charge in [-0.25, -0.2) is 0 Å². The first kappa shape index (κ1) is 20.2. The second-order valence-electron chi connectivity index (χ2n) is 8.33. The summed E-state index contributed by atoms with van der Waals surface area (Å²) in [5.41, 5.74) is 10.7. The van der Waals surface area contributed by atoms with Crippen LogP contribution in [0.2, 0.25) is 0 Å². The first-order valence-electron chi connectivity index (χ1n) is 10.8. The Morgan fingerprint density at radius 2 is 1.25 bits per heavy atom. The number of rotatable bonds is 5. The van der Waals surface area contributed by atoms with Crippen molar-refractivity contribution in [2.75, 3.05) is 6.54 Å². The van der Waals surface area contributed by atoms with E-state index in [1.807, 2.05) is 91.0 Å². The molecule has 0 amide bonds. The Kier molecular flexibility index (Phi) is 5.10. The van der Waals surface area contributed by atoms with E-state index < -0.39 is 10.2 Å². The maximum absolute atomic E-state index is 14.1. The fourth-order valence-electron chi connectivity index (χ4n) is 4.59. The summed E-state index contributed by atoms with van der Waals surface area (Å²) in [6.45, 7) is 0.458. The maximum Gasteiger partial charge on any atom is 0.296 e. The Balaban J connectivity index is 1.52. The zero-order valence-corrected chi connectivity index (χ0v) is 17.8. The minimum Gasteiger partial charge on any atom is -0.625 e. The van der Waals surface area contributed by atoms with Crippen LogP contribution in [0.5, 0.6) is 0 Å². The molecule has 0 saturated heterocycles. The molecule has 4 aromatic rings. The lowest BCUT2D eigenvalue weighted by molar-refractivity contribution is -0.802. The number of quaternary nitrogens is 1. The van der Waals surface area contributed by atoms with Crippen molar-refractivity contribution in [3.8, 4) is 11.1 Å². The molecule has 1 heterocycles. The Bertz CT molecular complexity index is 1200. The van der Waals surface area contributed by atoms with Crippen molar-refractivity contribution in [2.45, 2.75) is 12.1 Å². The molecule has 1 unspecified atom stereocenters. The standard InChI is InChI=1S/C28H25N3O/c29-27-30-28(25-15-6-2-7-16-25,26-17-8-3-9-18-26)21-31(27,32)20-22-11-10-14-24(19-22)23-12-4-1-5-13-23/h1-19H,20-21H2,(H2,29,30). The van der Waals surface area contributed by atoms with Crippen LogP contribution in [0.15, 0.2) is 120 Å². The quantitative estimate of drug-likeness (QED) is 0.346. The van der Waals surface area contributed by atoms with E-state index in [4.69, 9.17) is 10.7 Å². The van der Waals surface area contributed by atoms with Crippen LogP contribution in [-0.2, 0) is 12.1 Å². The van der Waals surface area contributed by atoms with Crippen molar-refractivity contribution in [3.63, 3.8) is 0 Å². The van der Waals surface area contributed by atoms with Crippen molar-refractivity contribution in [1.29, 1.82) is 0 Å². The topological polar surface area (TPSA) is 61.4 Å². The summed E-state index contributed by atoms with van der Waals surface area (Å²) in [6.07, 6.45) is 0. The molecule has 1 aliphatic rings. The predicted octanol–water partition coefficient (Wildman–Crippen LogP) is 5.44. The zero-order valence-electron chi connectivity index (χ0n) is 17.8. The van der Waals surface area contributed by atoms with Gasteiger partial charge in [-0.2, -0.15) is 4.99 Å². The molecule has 1 aliphatic heterocycles. The molecule has 0 radical (unpaired) electrons. The SMILES string of the molecule is NC1=NC(c2ccccc2)(c2ccccc2)C[N+]1([O-])Cc1cccc(-c2ccccc2)c1. The first-order valence-corrected chi connectivity index (χ1v) is 10.8. The van der Waals surface area contributed by atoms with Crippen molar-refractivity contribution in [1.82, 2.24) is 0 Å². The summed E-state index contributed by atoms with van der Waals surface area (Å²) in [5, 5.41) is 14.1. The third kappa shape index (κ3) is 3.60. The zero-order chi connectivity index (χ0) is 22.0. The highest BCUT2D eigenvalue weighted by Crippen LogP contribution is 2.41. The second kappa shape index (κ2) is 8.08. The monoisotopic (exact) mass is 419 g/mol. The molecule has 4 nitrogen and oxygen atoms in total. The van der Waals surface area contributed by atoms with E-state index in [0.29, 0.717) is 0 Å². The molecular formula is C28H25N3O. The minimum atomic E-state index is -0.800. The largest absolute Gasteiger partial charge is 0.625 e. The highest BCUT2D eigenvalue weighted by molar-refractivity contribution is 5.75. The van der Waals surface area contributed by atoms with Gasteiger partial charge in [-0.15, -0.1) is 0 Å². The smallest absolute Gasteiger partial charge is 0.296 e. The number of nitrogens with zero attached hydrogens (tertiary/aromatic N) is 2. The third-order valence-corrected chi connectivity index (χ3v) is 6.18. The van der Waals surface area contributed by atoms with Crippen LogP contribution in [0.1, 0.15) is 16.7 Å². The molecule has 0 fully saturated rings. The maximum atomic E-state index is 14.1. The number of guanidine groups is 1. The van der Waals surface area contributed by atoms with Gasteiger partial charge in [-0.05, 0) is 28.3 Å². The summed E-state index contributed by atoms with van der Waals surface area (Å²) in [4.78, 5) is 4.84. The van der Waals surface area contributed by atoms with Gasteiger partial charge in [0.05, 0.1) is 0 Å². The fraction of sp³-hybridized carbons (Fsp3) is 0.107. The normalized spacial score (nSPS) is 19.5. The van der Waals surface area contributed by atoms with Gasteiger partial charge in [0.15, 0.2) is 5.54 Å². The van der Waals surface area contributed by atoms with E-state index in [-0.39, 0.29) is 19.0 Å². The van der Waals surface area contributed by atoms with E-state index in [9.17, 15) is 5.21 Å². The van der Waals surface area contributed by atoms with Crippen LogP contribution < -0.4 is 5.73 Å². The van der Waals surface area contributed by atoms with Gasteiger partial charge >= 0.3 is 0 Å². The lowest BCUT2D eigenvalue weighted by Gasteiger charge is -2.39. The molecular weight excluding hydrogens is 394 g/mol. The Labute approximate surface area is 188 Å². The highest BCUT2D eigenvalue weighted by atomic mass is 16.6. The number of nitrogens with two attached hydrogens (primary N) is 1. The van der Waals surface area contributed by atoms with Crippen LogP contribution in [-0.4, -0.2) is 17.2 Å². The summed E-state index contributed by atoms with van der Waals surface area (Å²) < 4.78 is -0.679. The molecule has 4 aromatic carbocycles. The van der Waals surface area contributed by atoms with Crippen LogP contribution in [0.4, 0.5) is 0 Å². The van der Waals surface area contributed by atoms with Gasteiger partial charge in [0.1, 0.15) is 13.1 Å². The third-order valence-electron chi connectivity index (χ3n) is 6.18. The molecule has 32 heavy (non-hydrogen) atoms. The Hall–Kier alpha value is -3.73. The Morgan fingerprint density at radius 3 is 1.84 bits per heavy atom. The van der Waals surface area contributed by atoms with Gasteiger partial charge in [-0.1, -0.05) is 109 Å². The summed E-state index contributed by atoms with van der Waals surface area (Å²) in [5.74, 6) is 0.114. The highest BCUT2D eigenvalue weighted by Gasteiger charge is 2.49. The first-order chi connectivity index (χ1) is 15.6. The van der Waals surface area contributed by atoms with E-state index in [0.717, 1.165) is 27.8 Å². The fourth-order valence-corrected chi connectivity index (χ4v) is 4.59. The summed E-state index contributed by atoms with van der Waals surface area (Å²) in [6, 6.07) is 38.2. The molecule has 5 rings (SSSR count). The molecule has 0 aromatic heterocycles. The lowest BCUT2D eigenvalue weighted by Crippen LogP contribution is -2.50. The molecule has 1 atom stereocenters.